The minimum absolute atomic E-state index is 0.376. The topological polar surface area (TPSA) is 75.2 Å². The summed E-state index contributed by atoms with van der Waals surface area (Å²) >= 11 is 0. The molecule has 0 radical (unpaired) electrons. The number of halogens is 1. The van der Waals surface area contributed by atoms with Crippen molar-refractivity contribution in [1.82, 2.24) is 14.3 Å². The van der Waals surface area contributed by atoms with Crippen LogP contribution in [0.2, 0.25) is 0 Å². The van der Waals surface area contributed by atoms with E-state index in [1.165, 1.54) is 22.8 Å². The summed E-state index contributed by atoms with van der Waals surface area (Å²) < 4.78 is 38.4. The van der Waals surface area contributed by atoms with E-state index >= 15 is 0 Å². The third kappa shape index (κ3) is 4.13. The van der Waals surface area contributed by atoms with Crippen LogP contribution in [0.1, 0.15) is 16.8 Å². The molecular weight excluding hydrogens is 391 g/mol. The summed E-state index contributed by atoms with van der Waals surface area (Å²) in [6, 6.07) is 10.8. The number of pyridine rings is 2. The molecule has 1 aromatic carbocycles. The van der Waals surface area contributed by atoms with E-state index in [2.05, 4.69) is 15.3 Å². The summed E-state index contributed by atoms with van der Waals surface area (Å²) in [6.45, 7) is 2.72. The van der Waals surface area contributed by atoms with Crippen LogP contribution in [0.3, 0.4) is 0 Å². The minimum atomic E-state index is -3.22. The lowest BCUT2D eigenvalue weighted by Crippen LogP contribution is -2.35. The van der Waals surface area contributed by atoms with Gasteiger partial charge in [-0.25, -0.2) is 12.8 Å². The van der Waals surface area contributed by atoms with Gasteiger partial charge in [0, 0.05) is 30.0 Å². The maximum atomic E-state index is 13.2. The van der Waals surface area contributed by atoms with Crippen LogP contribution in [0.4, 0.5) is 15.8 Å². The molecule has 3 aromatic rings. The Balaban J connectivity index is 1.64. The first-order valence-electron chi connectivity index (χ1n) is 9.23. The fourth-order valence-electron chi connectivity index (χ4n) is 3.54. The Morgan fingerprint density at radius 3 is 2.69 bits per heavy atom. The molecule has 1 aliphatic rings. The van der Waals surface area contributed by atoms with E-state index in [0.717, 1.165) is 33.8 Å². The van der Waals surface area contributed by atoms with Crippen molar-refractivity contribution in [3.8, 4) is 11.3 Å². The number of sulfonamides is 1. The van der Waals surface area contributed by atoms with Gasteiger partial charge in [0.05, 0.1) is 30.0 Å². The molecule has 6 nitrogen and oxygen atoms in total. The number of fused-ring (bicyclic) bond motifs is 1. The highest BCUT2D eigenvalue weighted by atomic mass is 32.2. The van der Waals surface area contributed by atoms with Crippen LogP contribution in [0.25, 0.3) is 11.3 Å². The van der Waals surface area contributed by atoms with E-state index in [4.69, 9.17) is 0 Å². The Bertz CT molecular complexity index is 1160. The predicted octanol–water partition coefficient (Wildman–Crippen LogP) is 3.65. The molecule has 0 atom stereocenters. The molecule has 0 fully saturated rings. The average molecular weight is 412 g/mol. The van der Waals surface area contributed by atoms with E-state index in [9.17, 15) is 12.8 Å². The third-order valence-electron chi connectivity index (χ3n) is 5.07. The summed E-state index contributed by atoms with van der Waals surface area (Å²) in [7, 11) is -3.22. The van der Waals surface area contributed by atoms with Gasteiger partial charge in [-0.3, -0.25) is 9.97 Å². The van der Waals surface area contributed by atoms with Crippen LogP contribution in [-0.4, -0.2) is 35.5 Å². The molecule has 8 heteroatoms. The first-order valence-corrected chi connectivity index (χ1v) is 11.1. The van der Waals surface area contributed by atoms with Crippen molar-refractivity contribution in [2.75, 3.05) is 18.1 Å². The predicted molar refractivity (Wildman–Crippen MR) is 111 cm³/mol. The fraction of sp³-hybridized carbons (Fsp3) is 0.238. The van der Waals surface area contributed by atoms with Gasteiger partial charge in [0.15, 0.2) is 0 Å². The molecule has 0 saturated carbocycles. The number of aromatic nitrogens is 2. The van der Waals surface area contributed by atoms with Crippen molar-refractivity contribution in [3.05, 3.63) is 71.4 Å². The van der Waals surface area contributed by atoms with E-state index in [0.29, 0.717) is 25.2 Å². The Hall–Kier alpha value is -2.84. The molecular formula is C21H21FN4O2S. The van der Waals surface area contributed by atoms with Crippen LogP contribution in [0.15, 0.2) is 48.8 Å². The Morgan fingerprint density at radius 1 is 1.14 bits per heavy atom. The number of rotatable bonds is 4. The molecule has 29 heavy (non-hydrogen) atoms. The second kappa shape index (κ2) is 7.53. The number of aryl methyl sites for hydroxylation is 1. The molecule has 0 unspecified atom stereocenters. The third-order valence-corrected chi connectivity index (χ3v) is 6.32. The summed E-state index contributed by atoms with van der Waals surface area (Å²) in [6.07, 6.45) is 4.81. The molecule has 2 aromatic heterocycles. The fourth-order valence-corrected chi connectivity index (χ4v) is 4.33. The van der Waals surface area contributed by atoms with Crippen molar-refractivity contribution in [3.63, 3.8) is 0 Å². The first-order chi connectivity index (χ1) is 13.8. The summed E-state index contributed by atoms with van der Waals surface area (Å²) in [4.78, 5) is 8.60. The number of hydrogen-bond donors (Lipinski definition) is 1. The molecule has 0 spiro atoms. The maximum absolute atomic E-state index is 13.2. The molecule has 0 amide bonds. The lowest BCUT2D eigenvalue weighted by atomic mass is 9.99. The zero-order chi connectivity index (χ0) is 20.6. The van der Waals surface area contributed by atoms with Gasteiger partial charge in [-0.2, -0.15) is 4.31 Å². The number of nitrogens with zero attached hydrogens (tertiary/aromatic N) is 3. The lowest BCUT2D eigenvalue weighted by Gasteiger charge is -2.28. The number of anilines is 2. The zero-order valence-corrected chi connectivity index (χ0v) is 17.0. The van der Waals surface area contributed by atoms with Crippen molar-refractivity contribution >= 4 is 21.4 Å². The normalized spacial score (nSPS) is 14.4. The number of nitrogens with one attached hydrogen (secondary N) is 1. The SMILES string of the molecule is Cc1ncc(Nc2cccc3c2CCN(S(C)(=O)=O)C3)cc1-c1ccc(F)cn1. The van der Waals surface area contributed by atoms with Gasteiger partial charge in [0.2, 0.25) is 10.0 Å². The summed E-state index contributed by atoms with van der Waals surface area (Å²) in [5.41, 5.74) is 6.09. The quantitative estimate of drug-likeness (QED) is 0.708. The summed E-state index contributed by atoms with van der Waals surface area (Å²) in [5.74, 6) is -0.382. The Labute approximate surface area is 169 Å². The standard InChI is InChI=1S/C21H21FN4O2S/c1-14-19(20-7-6-16(22)11-24-20)10-17(12-23-14)25-21-5-3-4-15-13-26(29(2,27)28)9-8-18(15)21/h3-7,10-12,25H,8-9,13H2,1-2H3. The highest BCUT2D eigenvalue weighted by molar-refractivity contribution is 7.88. The van der Waals surface area contributed by atoms with Gasteiger partial charge >= 0.3 is 0 Å². The van der Waals surface area contributed by atoms with Crippen molar-refractivity contribution < 1.29 is 12.8 Å². The molecule has 1 aliphatic heterocycles. The smallest absolute Gasteiger partial charge is 0.211 e. The van der Waals surface area contributed by atoms with Crippen LogP contribution < -0.4 is 5.32 Å². The van der Waals surface area contributed by atoms with Crippen LogP contribution in [-0.2, 0) is 23.0 Å². The highest BCUT2D eigenvalue weighted by Crippen LogP contribution is 2.31. The summed E-state index contributed by atoms with van der Waals surface area (Å²) in [5, 5.41) is 3.40. The van der Waals surface area contributed by atoms with Crippen LogP contribution in [0.5, 0.6) is 0 Å². The van der Waals surface area contributed by atoms with E-state index < -0.39 is 10.0 Å². The average Bonchev–Trinajstić information content (AvgIpc) is 2.69. The lowest BCUT2D eigenvalue weighted by molar-refractivity contribution is 0.395. The van der Waals surface area contributed by atoms with Crippen molar-refractivity contribution in [1.29, 1.82) is 0 Å². The van der Waals surface area contributed by atoms with E-state index in [1.54, 1.807) is 12.3 Å². The molecule has 4 rings (SSSR count). The van der Waals surface area contributed by atoms with Crippen molar-refractivity contribution in [2.24, 2.45) is 0 Å². The highest BCUT2D eigenvalue weighted by Gasteiger charge is 2.24. The molecule has 1 N–H and O–H groups in total. The van der Waals surface area contributed by atoms with Gasteiger partial charge in [-0.05, 0) is 48.7 Å². The van der Waals surface area contributed by atoms with Gasteiger partial charge < -0.3 is 5.32 Å². The van der Waals surface area contributed by atoms with E-state index in [-0.39, 0.29) is 5.82 Å². The van der Waals surface area contributed by atoms with Gasteiger partial charge in [0.1, 0.15) is 5.82 Å². The van der Waals surface area contributed by atoms with Crippen molar-refractivity contribution in [2.45, 2.75) is 19.9 Å². The monoisotopic (exact) mass is 412 g/mol. The second-order valence-corrected chi connectivity index (χ2v) is 9.12. The van der Waals surface area contributed by atoms with Crippen LogP contribution in [0, 0.1) is 12.7 Å². The minimum Gasteiger partial charge on any atom is -0.354 e. The largest absolute Gasteiger partial charge is 0.354 e. The zero-order valence-electron chi connectivity index (χ0n) is 16.2. The first kappa shape index (κ1) is 19.5. The van der Waals surface area contributed by atoms with Crippen LogP contribution >= 0.6 is 0 Å². The van der Waals surface area contributed by atoms with Gasteiger partial charge in [-0.1, -0.05) is 12.1 Å². The molecule has 0 saturated heterocycles. The van der Waals surface area contributed by atoms with Gasteiger partial charge in [-0.15, -0.1) is 0 Å². The maximum Gasteiger partial charge on any atom is 0.211 e. The molecule has 0 bridgehead atoms. The van der Waals surface area contributed by atoms with Gasteiger partial charge in [0.25, 0.3) is 0 Å². The second-order valence-electron chi connectivity index (χ2n) is 7.13. The molecule has 3 heterocycles. The number of benzene rings is 1. The van der Waals surface area contributed by atoms with E-state index in [1.807, 2.05) is 31.2 Å². The molecule has 150 valence electrons. The molecule has 0 aliphatic carbocycles. The number of hydrogen-bond acceptors (Lipinski definition) is 5. The Morgan fingerprint density at radius 2 is 1.97 bits per heavy atom. The Kier molecular flexibility index (Phi) is 5.06.